The second kappa shape index (κ2) is 11.5. The van der Waals surface area contributed by atoms with Gasteiger partial charge in [0.05, 0.1) is 19.3 Å². The predicted molar refractivity (Wildman–Crippen MR) is 147 cm³/mol. The zero-order chi connectivity index (χ0) is 26.5. The van der Waals surface area contributed by atoms with Gasteiger partial charge >= 0.3 is 5.97 Å². The Labute approximate surface area is 221 Å². The minimum Gasteiger partial charge on any atom is -0.486 e. The molecule has 2 atom stereocenters. The molecule has 0 saturated carbocycles. The lowest BCUT2D eigenvalue weighted by Crippen LogP contribution is -2.39. The number of hydrogen-bond acceptors (Lipinski definition) is 6. The van der Waals surface area contributed by atoms with Gasteiger partial charge in [0.15, 0.2) is 6.61 Å². The van der Waals surface area contributed by atoms with Gasteiger partial charge in [-0.15, -0.1) is 0 Å². The van der Waals surface area contributed by atoms with Gasteiger partial charge in [-0.05, 0) is 72.6 Å². The number of benzene rings is 4. The summed E-state index contributed by atoms with van der Waals surface area (Å²) < 4.78 is 30.5. The summed E-state index contributed by atoms with van der Waals surface area (Å²) in [4.78, 5) is 13.4. The molecule has 0 fully saturated rings. The molecule has 7 heteroatoms. The molecule has 38 heavy (non-hydrogen) atoms. The molecule has 0 spiro atoms. The van der Waals surface area contributed by atoms with E-state index >= 15 is 0 Å². The molecular formula is C31H31FN2O4. The summed E-state index contributed by atoms with van der Waals surface area (Å²) in [5, 5.41) is 6.14. The van der Waals surface area contributed by atoms with Crippen molar-refractivity contribution in [3.05, 3.63) is 96.3 Å². The molecule has 0 radical (unpaired) electrons. The van der Waals surface area contributed by atoms with Crippen LogP contribution in [0.15, 0.2) is 84.9 Å². The molecule has 196 valence electrons. The fourth-order valence-electron chi connectivity index (χ4n) is 4.84. The van der Waals surface area contributed by atoms with Gasteiger partial charge in [-0.1, -0.05) is 42.5 Å². The maximum atomic E-state index is 14.2. The van der Waals surface area contributed by atoms with E-state index < -0.39 is 5.97 Å². The number of nitrogens with one attached hydrogen (secondary N) is 1. The second-order valence-electron chi connectivity index (χ2n) is 9.35. The summed E-state index contributed by atoms with van der Waals surface area (Å²) >= 11 is 0. The first kappa shape index (κ1) is 25.5. The predicted octanol–water partition coefficient (Wildman–Crippen LogP) is 6.17. The molecule has 2 unspecified atom stereocenters. The van der Waals surface area contributed by atoms with Crippen LogP contribution in [0.1, 0.15) is 24.9 Å². The van der Waals surface area contributed by atoms with Gasteiger partial charge in [-0.2, -0.15) is 0 Å². The highest BCUT2D eigenvalue weighted by Gasteiger charge is 2.27. The van der Waals surface area contributed by atoms with Gasteiger partial charge in [-0.25, -0.2) is 9.18 Å². The molecule has 4 aromatic rings. The van der Waals surface area contributed by atoms with Crippen LogP contribution < -0.4 is 19.7 Å². The van der Waals surface area contributed by atoms with Crippen molar-refractivity contribution in [1.29, 1.82) is 0 Å². The van der Waals surface area contributed by atoms with Gasteiger partial charge in [0.1, 0.15) is 23.4 Å². The van der Waals surface area contributed by atoms with Crippen molar-refractivity contribution in [2.45, 2.75) is 25.5 Å². The van der Waals surface area contributed by atoms with Crippen molar-refractivity contribution in [1.82, 2.24) is 5.32 Å². The van der Waals surface area contributed by atoms with Crippen LogP contribution in [0.3, 0.4) is 0 Å². The first-order chi connectivity index (χ1) is 18.5. The quantitative estimate of drug-likeness (QED) is 0.270. The smallest absolute Gasteiger partial charge is 0.343 e. The van der Waals surface area contributed by atoms with Crippen LogP contribution in [0.2, 0.25) is 0 Å². The average molecular weight is 515 g/mol. The van der Waals surface area contributed by atoms with E-state index in [9.17, 15) is 9.18 Å². The van der Waals surface area contributed by atoms with Crippen molar-refractivity contribution in [3.63, 3.8) is 0 Å². The second-order valence-corrected chi connectivity index (χ2v) is 9.35. The molecule has 0 bridgehead atoms. The standard InChI is InChI=1S/C31H31FN2O4/c1-21(27-9-5-7-22-6-3-4-8-28(22)27)33-17-16-26-19-34(29-18-23(32)10-15-30(29)38-26)24-11-13-25(14-12-24)37-20-31(35)36-2/h3-15,18,21,26,33H,16-17,19-20H2,1-2H3. The van der Waals surface area contributed by atoms with Crippen LogP contribution in [-0.4, -0.2) is 38.9 Å². The first-order valence-corrected chi connectivity index (χ1v) is 12.8. The van der Waals surface area contributed by atoms with E-state index in [0.717, 1.165) is 18.7 Å². The van der Waals surface area contributed by atoms with E-state index in [2.05, 4.69) is 64.3 Å². The third-order valence-corrected chi connectivity index (χ3v) is 6.83. The van der Waals surface area contributed by atoms with Crippen molar-refractivity contribution in [2.75, 3.05) is 31.7 Å². The van der Waals surface area contributed by atoms with Gasteiger partial charge in [-0.3, -0.25) is 0 Å². The number of carbonyl (C=O) groups is 1. The van der Waals surface area contributed by atoms with E-state index in [1.54, 1.807) is 18.2 Å². The van der Waals surface area contributed by atoms with Gasteiger partial charge in [0.2, 0.25) is 0 Å². The topological polar surface area (TPSA) is 60.0 Å². The third kappa shape index (κ3) is 5.73. The zero-order valence-electron chi connectivity index (χ0n) is 21.5. The number of halogens is 1. The number of ether oxygens (including phenoxy) is 3. The molecule has 1 aliphatic rings. The highest BCUT2D eigenvalue weighted by molar-refractivity contribution is 5.86. The molecule has 4 aromatic carbocycles. The molecule has 1 heterocycles. The van der Waals surface area contributed by atoms with Crippen molar-refractivity contribution >= 4 is 28.1 Å². The Morgan fingerprint density at radius 2 is 1.87 bits per heavy atom. The summed E-state index contributed by atoms with van der Waals surface area (Å²) in [5.41, 5.74) is 2.83. The number of esters is 1. The molecule has 0 aromatic heterocycles. The molecular weight excluding hydrogens is 483 g/mol. The van der Waals surface area contributed by atoms with Crippen LogP contribution in [0.4, 0.5) is 15.8 Å². The summed E-state index contributed by atoms with van der Waals surface area (Å²) in [6.07, 6.45) is 0.693. The summed E-state index contributed by atoms with van der Waals surface area (Å²) in [6.45, 7) is 3.36. The number of rotatable bonds is 9. The third-order valence-electron chi connectivity index (χ3n) is 6.83. The van der Waals surface area contributed by atoms with Gasteiger partial charge in [0, 0.05) is 17.8 Å². The molecule has 6 nitrogen and oxygen atoms in total. The van der Waals surface area contributed by atoms with Gasteiger partial charge < -0.3 is 24.4 Å². The van der Waals surface area contributed by atoms with Crippen LogP contribution in [0.5, 0.6) is 11.5 Å². The van der Waals surface area contributed by atoms with Gasteiger partial charge in [0.25, 0.3) is 0 Å². The van der Waals surface area contributed by atoms with Crippen molar-refractivity contribution in [3.8, 4) is 11.5 Å². The highest BCUT2D eigenvalue weighted by Crippen LogP contribution is 2.39. The van der Waals surface area contributed by atoms with E-state index in [1.807, 2.05) is 12.1 Å². The van der Waals surface area contributed by atoms with E-state index in [0.29, 0.717) is 23.7 Å². The monoisotopic (exact) mass is 514 g/mol. The normalized spacial score (nSPS) is 15.4. The fraction of sp³-hybridized carbons (Fsp3) is 0.258. The lowest BCUT2D eigenvalue weighted by molar-refractivity contribution is -0.142. The zero-order valence-corrected chi connectivity index (χ0v) is 21.5. The Bertz CT molecular complexity index is 1400. The highest BCUT2D eigenvalue weighted by atomic mass is 19.1. The number of anilines is 2. The molecule has 0 amide bonds. The maximum absolute atomic E-state index is 14.2. The molecule has 1 aliphatic heterocycles. The largest absolute Gasteiger partial charge is 0.486 e. The number of nitrogens with zero attached hydrogens (tertiary/aromatic N) is 1. The summed E-state index contributed by atoms with van der Waals surface area (Å²) in [6, 6.07) is 27.0. The lowest BCUT2D eigenvalue weighted by Gasteiger charge is -2.36. The average Bonchev–Trinajstić information content (AvgIpc) is 2.95. The Morgan fingerprint density at radius 1 is 1.08 bits per heavy atom. The first-order valence-electron chi connectivity index (χ1n) is 12.8. The van der Waals surface area contributed by atoms with Crippen molar-refractivity contribution < 1.29 is 23.4 Å². The Hall–Kier alpha value is -4.10. The summed E-state index contributed by atoms with van der Waals surface area (Å²) in [5.74, 6) is 0.433. The Balaban J connectivity index is 1.27. The number of carbonyl (C=O) groups excluding carboxylic acids is 1. The number of hydrogen-bond donors (Lipinski definition) is 1. The molecule has 5 rings (SSSR count). The summed E-state index contributed by atoms with van der Waals surface area (Å²) in [7, 11) is 1.32. The Morgan fingerprint density at radius 3 is 2.68 bits per heavy atom. The fourth-order valence-corrected chi connectivity index (χ4v) is 4.84. The number of methoxy groups -OCH3 is 1. The molecule has 0 aliphatic carbocycles. The minimum atomic E-state index is -0.446. The van der Waals surface area contributed by atoms with Crippen LogP contribution in [-0.2, 0) is 9.53 Å². The lowest BCUT2D eigenvalue weighted by atomic mass is 9.99. The van der Waals surface area contributed by atoms with Crippen LogP contribution in [0.25, 0.3) is 10.8 Å². The van der Waals surface area contributed by atoms with E-state index in [1.165, 1.54) is 35.6 Å². The molecule has 0 saturated heterocycles. The van der Waals surface area contributed by atoms with E-state index in [-0.39, 0.29) is 24.6 Å². The minimum absolute atomic E-state index is 0.0876. The Kier molecular flexibility index (Phi) is 7.75. The van der Waals surface area contributed by atoms with Crippen molar-refractivity contribution in [2.24, 2.45) is 0 Å². The van der Waals surface area contributed by atoms with E-state index in [4.69, 9.17) is 9.47 Å². The van der Waals surface area contributed by atoms with Crippen LogP contribution >= 0.6 is 0 Å². The molecule has 1 N–H and O–H groups in total. The maximum Gasteiger partial charge on any atom is 0.343 e. The number of fused-ring (bicyclic) bond motifs is 2. The SMILES string of the molecule is COC(=O)COc1ccc(N2CC(CCNC(C)c3cccc4ccccc34)Oc3ccc(F)cc32)cc1. The van der Waals surface area contributed by atoms with Crippen LogP contribution in [0, 0.1) is 5.82 Å².